The van der Waals surface area contributed by atoms with Crippen molar-refractivity contribution < 1.29 is 56.0 Å². The minimum absolute atomic E-state index is 0.134. The number of esters is 4. The van der Waals surface area contributed by atoms with Crippen LogP contribution < -0.4 is 0 Å². The number of carbonyl (C=O) groups excluding carboxylic acids is 4. The van der Waals surface area contributed by atoms with E-state index in [4.69, 9.17) is 52.1 Å². The number of rotatable bonds is 32. The molecule has 4 aromatic rings. The zero-order chi connectivity index (χ0) is 50.1. The molecule has 4 aromatic heterocycles. The molecule has 4 rings (SSSR count). The Hall–Kier alpha value is -5.58. The molecule has 69 heavy (non-hydrogen) atoms. The van der Waals surface area contributed by atoms with Gasteiger partial charge in [0.1, 0.15) is 11.5 Å². The van der Waals surface area contributed by atoms with Crippen LogP contribution in [0.1, 0.15) is 82.6 Å². The number of hydrogen-bond acceptors (Lipinski definition) is 19. The van der Waals surface area contributed by atoms with Crippen molar-refractivity contribution in [3.05, 3.63) is 83.8 Å². The lowest BCUT2D eigenvalue weighted by atomic mass is 10.1. The zero-order valence-electron chi connectivity index (χ0n) is 41.2. The van der Waals surface area contributed by atoms with Crippen LogP contribution >= 0.6 is 8.53 Å². The number of furan rings is 2. The van der Waals surface area contributed by atoms with Crippen LogP contribution in [0.3, 0.4) is 0 Å². The summed E-state index contributed by atoms with van der Waals surface area (Å²) >= 11 is 0. The molecule has 1 unspecified atom stereocenters. The SMILES string of the molecule is COC(=O)CN(CC(=O)OC)Cc1cc(-c2ccco2)cc(CN(CCCCCCOP(OCCC#N)N(C(C)C)C(C)C)Cc2cc(-c3ccco3)cc(CN(CC(=O)OC)CC(=O)OC)n2)n1. The second kappa shape index (κ2) is 30.1. The largest absolute Gasteiger partial charge is 0.468 e. The Morgan fingerprint density at radius 1 is 0.594 bits per heavy atom. The Kier molecular flexibility index (Phi) is 24.4. The molecular formula is C49H68N7O12P. The van der Waals surface area contributed by atoms with Crippen LogP contribution in [0.5, 0.6) is 0 Å². The maximum absolute atomic E-state index is 12.4. The van der Waals surface area contributed by atoms with Gasteiger partial charge in [-0.25, -0.2) is 4.67 Å². The van der Waals surface area contributed by atoms with Gasteiger partial charge in [-0.2, -0.15) is 5.26 Å². The number of methoxy groups -OCH3 is 4. The van der Waals surface area contributed by atoms with Gasteiger partial charge in [0.2, 0.25) is 0 Å². The van der Waals surface area contributed by atoms with Crippen molar-refractivity contribution in [1.29, 1.82) is 5.26 Å². The third-order valence-corrected chi connectivity index (χ3v) is 12.7. The topological polar surface area (TPSA) is 212 Å². The van der Waals surface area contributed by atoms with Gasteiger partial charge in [0.15, 0.2) is 0 Å². The molecule has 0 spiro atoms. The molecule has 0 aliphatic carbocycles. The Morgan fingerprint density at radius 3 is 1.35 bits per heavy atom. The summed E-state index contributed by atoms with van der Waals surface area (Å²) < 4.78 is 46.0. The van der Waals surface area contributed by atoms with E-state index < -0.39 is 32.4 Å². The predicted octanol–water partition coefficient (Wildman–Crippen LogP) is 7.15. The molecule has 4 heterocycles. The van der Waals surface area contributed by atoms with Crippen molar-refractivity contribution >= 4 is 32.4 Å². The average molecular weight is 978 g/mol. The summed E-state index contributed by atoms with van der Waals surface area (Å²) in [6, 6.07) is 17.5. The van der Waals surface area contributed by atoms with E-state index in [0.29, 0.717) is 73.6 Å². The van der Waals surface area contributed by atoms with Gasteiger partial charge >= 0.3 is 23.9 Å². The lowest BCUT2D eigenvalue weighted by Crippen LogP contribution is -2.35. The number of ether oxygens (including phenoxy) is 4. The average Bonchev–Trinajstić information content (AvgIpc) is 4.07. The van der Waals surface area contributed by atoms with Gasteiger partial charge in [0.05, 0.1) is 116 Å². The molecule has 0 amide bonds. The molecule has 0 aliphatic heterocycles. The standard InChI is InChI=1S/C49H68N7O12P/c1-36(2)56(37(3)4)69(68-23-15-18-50)67-22-12-10-9-11-19-53(28-40-24-38(44-16-13-20-65-44)26-42(51-40)30-54(32-46(57)61-5)33-47(58)62-6)29-41-25-39(45-17-14-21-66-45)27-43(52-41)31-55(34-48(59)63-7)35-49(60)64-8/h13-14,16-17,20-21,24-27,36-37H,9-12,15,19,22-23,28-35H2,1-8H3. The Labute approximate surface area is 406 Å². The number of nitrogens with zero attached hydrogens (tertiary/aromatic N) is 7. The first kappa shape index (κ1) is 56.0. The van der Waals surface area contributed by atoms with Crippen molar-refractivity contribution in [2.75, 3.05) is 74.4 Å². The molecule has 0 saturated heterocycles. The number of aromatic nitrogens is 2. The van der Waals surface area contributed by atoms with Crippen LogP contribution in [0, 0.1) is 11.3 Å². The van der Waals surface area contributed by atoms with Crippen LogP contribution in [0.15, 0.2) is 69.9 Å². The molecule has 0 fully saturated rings. The first-order valence-electron chi connectivity index (χ1n) is 23.0. The van der Waals surface area contributed by atoms with Crippen molar-refractivity contribution in [1.82, 2.24) is 29.3 Å². The number of pyridine rings is 2. The second-order valence-electron chi connectivity index (χ2n) is 16.7. The summed E-state index contributed by atoms with van der Waals surface area (Å²) in [6.45, 7) is 10.3. The van der Waals surface area contributed by atoms with Gasteiger partial charge < -0.3 is 36.8 Å². The highest BCUT2D eigenvalue weighted by Gasteiger charge is 2.27. The number of carbonyl (C=O) groups is 4. The molecule has 0 bridgehead atoms. The quantitative estimate of drug-likeness (QED) is 0.0206. The van der Waals surface area contributed by atoms with Crippen LogP contribution in [-0.4, -0.2) is 140 Å². The van der Waals surface area contributed by atoms with Crippen LogP contribution in [0.4, 0.5) is 0 Å². The lowest BCUT2D eigenvalue weighted by molar-refractivity contribution is -0.147. The highest BCUT2D eigenvalue weighted by atomic mass is 31.2. The molecule has 0 saturated carbocycles. The fraction of sp³-hybridized carbons (Fsp3) is 0.531. The third-order valence-electron chi connectivity index (χ3n) is 10.6. The molecule has 20 heteroatoms. The summed E-state index contributed by atoms with van der Waals surface area (Å²) in [4.78, 5) is 65.3. The predicted molar refractivity (Wildman–Crippen MR) is 256 cm³/mol. The Bertz CT molecular complexity index is 2050. The lowest BCUT2D eigenvalue weighted by Gasteiger charge is -2.35. The zero-order valence-corrected chi connectivity index (χ0v) is 42.1. The molecule has 376 valence electrons. The van der Waals surface area contributed by atoms with E-state index >= 15 is 0 Å². The van der Waals surface area contributed by atoms with Gasteiger partial charge in [-0.1, -0.05) is 12.8 Å². The summed E-state index contributed by atoms with van der Waals surface area (Å²) in [6.07, 6.45) is 6.92. The summed E-state index contributed by atoms with van der Waals surface area (Å²) in [7, 11) is 3.83. The van der Waals surface area contributed by atoms with Crippen LogP contribution in [-0.2, 0) is 73.4 Å². The molecular weight excluding hydrogens is 910 g/mol. The smallest absolute Gasteiger partial charge is 0.319 e. The molecule has 1 atom stereocenters. The molecule has 0 N–H and O–H groups in total. The Balaban J connectivity index is 1.66. The normalized spacial score (nSPS) is 12.0. The fourth-order valence-corrected chi connectivity index (χ4v) is 9.12. The number of unbranched alkanes of at least 4 members (excludes halogenated alkanes) is 3. The molecule has 0 aromatic carbocycles. The maximum atomic E-state index is 12.4. The van der Waals surface area contributed by atoms with E-state index in [9.17, 15) is 19.2 Å². The molecule has 0 radical (unpaired) electrons. The van der Waals surface area contributed by atoms with Crippen molar-refractivity contribution in [3.8, 4) is 28.7 Å². The molecule has 19 nitrogen and oxygen atoms in total. The monoisotopic (exact) mass is 977 g/mol. The van der Waals surface area contributed by atoms with E-state index in [2.05, 4.69) is 43.3 Å². The van der Waals surface area contributed by atoms with Crippen molar-refractivity contribution in [2.24, 2.45) is 0 Å². The third kappa shape index (κ3) is 19.7. The second-order valence-corrected chi connectivity index (χ2v) is 18.2. The summed E-state index contributed by atoms with van der Waals surface area (Å²) in [5, 5.41) is 9.11. The summed E-state index contributed by atoms with van der Waals surface area (Å²) in [5.41, 5.74) is 4.12. The Morgan fingerprint density at radius 2 is 0.986 bits per heavy atom. The van der Waals surface area contributed by atoms with E-state index in [1.54, 1.807) is 34.5 Å². The van der Waals surface area contributed by atoms with E-state index in [-0.39, 0.29) is 51.4 Å². The minimum Gasteiger partial charge on any atom is -0.468 e. The van der Waals surface area contributed by atoms with Gasteiger partial charge in [0.25, 0.3) is 8.53 Å². The number of hydrogen-bond donors (Lipinski definition) is 0. The highest BCUT2D eigenvalue weighted by Crippen LogP contribution is 2.46. The molecule has 0 aliphatic rings. The van der Waals surface area contributed by atoms with Crippen molar-refractivity contribution in [3.63, 3.8) is 0 Å². The summed E-state index contributed by atoms with van der Waals surface area (Å²) in [5.74, 6) is -0.825. The van der Waals surface area contributed by atoms with Crippen LogP contribution in [0.25, 0.3) is 22.6 Å². The van der Waals surface area contributed by atoms with Crippen molar-refractivity contribution in [2.45, 2.75) is 98.1 Å². The van der Waals surface area contributed by atoms with Gasteiger partial charge in [-0.3, -0.25) is 43.8 Å². The van der Waals surface area contributed by atoms with E-state index in [1.807, 2.05) is 36.4 Å². The first-order valence-corrected chi connectivity index (χ1v) is 24.1. The van der Waals surface area contributed by atoms with Gasteiger partial charge in [-0.05, 0) is 95.6 Å². The number of nitriles is 1. The van der Waals surface area contributed by atoms with Gasteiger partial charge in [-0.15, -0.1) is 0 Å². The first-order chi connectivity index (χ1) is 33.2. The van der Waals surface area contributed by atoms with Crippen LogP contribution in [0.2, 0.25) is 0 Å². The maximum Gasteiger partial charge on any atom is 0.319 e. The van der Waals surface area contributed by atoms with Gasteiger partial charge in [0, 0.05) is 49.4 Å². The highest BCUT2D eigenvalue weighted by molar-refractivity contribution is 7.44. The van der Waals surface area contributed by atoms with E-state index in [1.165, 1.54) is 28.4 Å². The fourth-order valence-electron chi connectivity index (χ4n) is 7.49. The minimum atomic E-state index is -1.33. The van der Waals surface area contributed by atoms with E-state index in [0.717, 1.165) is 36.8 Å².